The van der Waals surface area contributed by atoms with E-state index in [1.165, 1.54) is 11.5 Å². The molecule has 4 nitrogen and oxygen atoms in total. The van der Waals surface area contributed by atoms with Crippen molar-refractivity contribution < 1.29 is 5.11 Å². The summed E-state index contributed by atoms with van der Waals surface area (Å²) in [6, 6.07) is 0. The molecule has 0 aromatic carbocycles. The maximum absolute atomic E-state index is 9.82. The van der Waals surface area contributed by atoms with Crippen molar-refractivity contribution in [1.82, 2.24) is 9.59 Å². The molecule has 2 unspecified atom stereocenters. The van der Waals surface area contributed by atoms with E-state index in [9.17, 15) is 5.11 Å². The number of nitrogens with two attached hydrogens (primary N) is 1. The van der Waals surface area contributed by atoms with Crippen LogP contribution >= 0.6 is 11.5 Å². The normalized spacial score (nSPS) is 15.6. The van der Waals surface area contributed by atoms with E-state index in [0.717, 1.165) is 12.8 Å². The van der Waals surface area contributed by atoms with Crippen molar-refractivity contribution in [3.8, 4) is 0 Å². The van der Waals surface area contributed by atoms with Crippen molar-refractivity contribution >= 4 is 11.5 Å². The van der Waals surface area contributed by atoms with Crippen molar-refractivity contribution in [3.05, 3.63) is 11.1 Å². The fraction of sp³-hybridized carbons (Fsp3) is 0.750. The lowest BCUT2D eigenvalue weighted by molar-refractivity contribution is 0.102. The monoisotopic (exact) mass is 201 g/mol. The van der Waals surface area contributed by atoms with Crippen LogP contribution in [0, 0.1) is 5.92 Å². The first-order chi connectivity index (χ1) is 6.29. The number of aromatic nitrogens is 2. The van der Waals surface area contributed by atoms with E-state index >= 15 is 0 Å². The summed E-state index contributed by atoms with van der Waals surface area (Å²) < 4.78 is 3.71. The Hall–Kier alpha value is -0.520. The molecule has 74 valence electrons. The second-order valence-corrected chi connectivity index (χ2v) is 3.67. The van der Waals surface area contributed by atoms with Crippen LogP contribution in [0.3, 0.4) is 0 Å². The van der Waals surface area contributed by atoms with Crippen LogP contribution in [0.25, 0.3) is 0 Å². The van der Waals surface area contributed by atoms with Gasteiger partial charge in [0, 0.05) is 11.3 Å². The molecule has 0 radical (unpaired) electrons. The summed E-state index contributed by atoms with van der Waals surface area (Å²) in [6.07, 6.45) is 1.40. The first-order valence-corrected chi connectivity index (χ1v) is 5.28. The van der Waals surface area contributed by atoms with Gasteiger partial charge in [0.2, 0.25) is 0 Å². The van der Waals surface area contributed by atoms with Crippen LogP contribution < -0.4 is 5.73 Å². The molecule has 5 heteroatoms. The Kier molecular flexibility index (Phi) is 4.27. The zero-order valence-electron chi connectivity index (χ0n) is 7.68. The summed E-state index contributed by atoms with van der Waals surface area (Å²) in [5.74, 6) is 0.105. The van der Waals surface area contributed by atoms with E-state index in [0.29, 0.717) is 12.2 Å². The van der Waals surface area contributed by atoms with Gasteiger partial charge in [0.15, 0.2) is 0 Å². The Morgan fingerprint density at radius 3 is 2.92 bits per heavy atom. The molecule has 0 aliphatic heterocycles. The standard InChI is InChI=1S/C8H15N3OS/c1-2-3-6(4-9)8(12)7-5-13-11-10-7/h5-6,8,12H,2-4,9H2,1H3. The molecular formula is C8H15N3OS. The van der Waals surface area contributed by atoms with Crippen LogP contribution in [-0.4, -0.2) is 21.2 Å². The number of aliphatic hydroxyl groups excluding tert-OH is 1. The molecule has 1 rings (SSSR count). The van der Waals surface area contributed by atoms with Crippen LogP contribution in [0.4, 0.5) is 0 Å². The minimum atomic E-state index is -0.552. The third kappa shape index (κ3) is 2.72. The number of rotatable bonds is 5. The lowest BCUT2D eigenvalue weighted by Crippen LogP contribution is -2.22. The lowest BCUT2D eigenvalue weighted by atomic mass is 9.96. The molecule has 2 atom stereocenters. The highest BCUT2D eigenvalue weighted by molar-refractivity contribution is 7.03. The Labute approximate surface area is 81.9 Å². The smallest absolute Gasteiger partial charge is 0.104 e. The molecule has 0 fully saturated rings. The predicted octanol–water partition coefficient (Wildman–Crippen LogP) is 0.946. The molecule has 0 amide bonds. The maximum Gasteiger partial charge on any atom is 0.104 e. The molecule has 1 aromatic rings. The molecule has 0 aliphatic carbocycles. The van der Waals surface area contributed by atoms with Gasteiger partial charge in [-0.05, 0) is 24.5 Å². The van der Waals surface area contributed by atoms with E-state index < -0.39 is 6.10 Å². The number of hydrogen-bond donors (Lipinski definition) is 2. The van der Waals surface area contributed by atoms with Crippen molar-refractivity contribution in [2.24, 2.45) is 11.7 Å². The second kappa shape index (κ2) is 5.26. The topological polar surface area (TPSA) is 72.0 Å². The first kappa shape index (κ1) is 10.6. The van der Waals surface area contributed by atoms with E-state index in [1.807, 2.05) is 0 Å². The maximum atomic E-state index is 9.82. The van der Waals surface area contributed by atoms with Crippen molar-refractivity contribution in [2.45, 2.75) is 25.9 Å². The van der Waals surface area contributed by atoms with Crippen LogP contribution in [0.5, 0.6) is 0 Å². The number of nitrogens with zero attached hydrogens (tertiary/aromatic N) is 2. The summed E-state index contributed by atoms with van der Waals surface area (Å²) >= 11 is 1.25. The zero-order chi connectivity index (χ0) is 9.68. The third-order valence-electron chi connectivity index (χ3n) is 2.09. The van der Waals surface area contributed by atoms with Gasteiger partial charge in [-0.1, -0.05) is 17.8 Å². The van der Waals surface area contributed by atoms with Crippen LogP contribution in [0.1, 0.15) is 31.6 Å². The molecule has 0 spiro atoms. The van der Waals surface area contributed by atoms with Gasteiger partial charge in [-0.3, -0.25) is 0 Å². The zero-order valence-corrected chi connectivity index (χ0v) is 8.50. The summed E-state index contributed by atoms with van der Waals surface area (Å²) in [5, 5.41) is 15.4. The predicted molar refractivity (Wildman–Crippen MR) is 52.3 cm³/mol. The highest BCUT2D eigenvalue weighted by atomic mass is 32.1. The Morgan fingerprint density at radius 2 is 2.46 bits per heavy atom. The van der Waals surface area contributed by atoms with Crippen molar-refractivity contribution in [1.29, 1.82) is 0 Å². The molecule has 3 N–H and O–H groups in total. The van der Waals surface area contributed by atoms with Gasteiger partial charge in [0.05, 0.1) is 0 Å². The Morgan fingerprint density at radius 1 is 1.69 bits per heavy atom. The molecule has 0 bridgehead atoms. The van der Waals surface area contributed by atoms with Gasteiger partial charge in [-0.2, -0.15) is 0 Å². The van der Waals surface area contributed by atoms with E-state index in [-0.39, 0.29) is 5.92 Å². The number of hydrogen-bond acceptors (Lipinski definition) is 5. The van der Waals surface area contributed by atoms with E-state index in [1.54, 1.807) is 5.38 Å². The molecule has 0 saturated carbocycles. The largest absolute Gasteiger partial charge is 0.386 e. The SMILES string of the molecule is CCCC(CN)C(O)c1csnn1. The van der Waals surface area contributed by atoms with Gasteiger partial charge in [-0.25, -0.2) is 0 Å². The van der Waals surface area contributed by atoms with Crippen LogP contribution in [0.2, 0.25) is 0 Å². The third-order valence-corrected chi connectivity index (χ3v) is 2.61. The molecule has 13 heavy (non-hydrogen) atoms. The average Bonchev–Trinajstić information content (AvgIpc) is 2.65. The molecule has 0 aliphatic rings. The molecule has 1 heterocycles. The van der Waals surface area contributed by atoms with Gasteiger partial charge < -0.3 is 10.8 Å². The fourth-order valence-electron chi connectivity index (χ4n) is 1.32. The summed E-state index contributed by atoms with van der Waals surface area (Å²) in [6.45, 7) is 2.57. The van der Waals surface area contributed by atoms with Crippen LogP contribution in [0.15, 0.2) is 5.38 Å². The molecule has 1 aromatic heterocycles. The first-order valence-electron chi connectivity index (χ1n) is 4.44. The van der Waals surface area contributed by atoms with E-state index in [4.69, 9.17) is 5.73 Å². The van der Waals surface area contributed by atoms with Gasteiger partial charge in [0.1, 0.15) is 11.8 Å². The van der Waals surface area contributed by atoms with Gasteiger partial charge >= 0.3 is 0 Å². The lowest BCUT2D eigenvalue weighted by Gasteiger charge is -2.18. The minimum absolute atomic E-state index is 0.105. The summed E-state index contributed by atoms with van der Waals surface area (Å²) in [7, 11) is 0. The van der Waals surface area contributed by atoms with Crippen molar-refractivity contribution in [3.63, 3.8) is 0 Å². The fourth-order valence-corrected chi connectivity index (χ4v) is 1.80. The highest BCUT2D eigenvalue weighted by Crippen LogP contribution is 2.23. The molecular weight excluding hydrogens is 186 g/mol. The number of aliphatic hydroxyl groups is 1. The second-order valence-electron chi connectivity index (χ2n) is 3.06. The van der Waals surface area contributed by atoms with Gasteiger partial charge in [0.25, 0.3) is 0 Å². The highest BCUT2D eigenvalue weighted by Gasteiger charge is 2.20. The summed E-state index contributed by atoms with van der Waals surface area (Å²) in [4.78, 5) is 0. The average molecular weight is 201 g/mol. The quantitative estimate of drug-likeness (QED) is 0.744. The van der Waals surface area contributed by atoms with Crippen LogP contribution in [-0.2, 0) is 0 Å². The summed E-state index contributed by atoms with van der Waals surface area (Å²) in [5.41, 5.74) is 6.21. The van der Waals surface area contributed by atoms with Gasteiger partial charge in [-0.15, -0.1) is 5.10 Å². The Balaban J connectivity index is 2.58. The van der Waals surface area contributed by atoms with E-state index in [2.05, 4.69) is 16.5 Å². The Bertz CT molecular complexity index is 227. The molecule has 0 saturated heterocycles. The van der Waals surface area contributed by atoms with Crippen molar-refractivity contribution in [2.75, 3.05) is 6.54 Å². The minimum Gasteiger partial charge on any atom is -0.386 e.